The number of amides is 2. The maximum atomic E-state index is 12.5. The van der Waals surface area contributed by atoms with Crippen LogP contribution in [-0.2, 0) is 19.6 Å². The van der Waals surface area contributed by atoms with E-state index in [-0.39, 0.29) is 45.3 Å². The van der Waals surface area contributed by atoms with E-state index >= 15 is 0 Å². The van der Waals surface area contributed by atoms with Gasteiger partial charge in [-0.15, -0.1) is 0 Å². The highest BCUT2D eigenvalue weighted by Crippen LogP contribution is 2.34. The maximum absolute atomic E-state index is 12.5. The molecule has 0 aliphatic heterocycles. The van der Waals surface area contributed by atoms with Gasteiger partial charge < -0.3 is 15.7 Å². The zero-order valence-corrected chi connectivity index (χ0v) is 20.7. The Balaban J connectivity index is 2.02. The lowest BCUT2D eigenvalue weighted by molar-refractivity contribution is -0.120. The summed E-state index contributed by atoms with van der Waals surface area (Å²) < 4.78 is 27.4. The molecule has 0 aliphatic carbocycles. The fraction of sp³-hybridized carbons (Fsp3) is 0.391. The number of hydrogen-bond donors (Lipinski definition) is 4. The Labute approximate surface area is 199 Å². The zero-order chi connectivity index (χ0) is 24.8. The number of halogens is 1. The zero-order valence-electron chi connectivity index (χ0n) is 19.1. The highest BCUT2D eigenvalue weighted by molar-refractivity contribution is 7.89. The van der Waals surface area contributed by atoms with Crippen LogP contribution in [-0.4, -0.2) is 31.4 Å². The molecule has 1 unspecified atom stereocenters. The van der Waals surface area contributed by atoms with Gasteiger partial charge in [-0.2, -0.15) is 0 Å². The van der Waals surface area contributed by atoms with E-state index in [2.05, 4.69) is 15.4 Å². The molecule has 8 nitrogen and oxygen atoms in total. The normalized spacial score (nSPS) is 12.4. The molecule has 4 N–H and O–H groups in total. The van der Waals surface area contributed by atoms with Crippen LogP contribution in [0.15, 0.2) is 41.3 Å². The lowest BCUT2D eigenvalue weighted by Gasteiger charge is -2.17. The van der Waals surface area contributed by atoms with Crippen molar-refractivity contribution in [3.8, 4) is 5.75 Å². The first-order valence-electron chi connectivity index (χ1n) is 10.7. The Hall–Kier alpha value is -2.62. The molecule has 0 heterocycles. The largest absolute Gasteiger partial charge is 0.506 e. The van der Waals surface area contributed by atoms with Gasteiger partial charge in [0.05, 0.1) is 21.3 Å². The number of aryl methyl sites for hydroxylation is 1. The average molecular weight is 496 g/mol. The minimum Gasteiger partial charge on any atom is -0.506 e. The number of benzene rings is 2. The van der Waals surface area contributed by atoms with E-state index in [1.165, 1.54) is 24.3 Å². The number of hydrogen-bond acceptors (Lipinski definition) is 5. The van der Waals surface area contributed by atoms with E-state index in [1.54, 1.807) is 19.1 Å². The first-order valence-corrected chi connectivity index (χ1v) is 12.5. The molecular formula is C23H30ClN3O5S. The molecule has 0 fully saturated rings. The smallest absolute Gasteiger partial charge is 0.240 e. The van der Waals surface area contributed by atoms with Crippen LogP contribution >= 0.6 is 11.6 Å². The number of phenolic OH excluding ortho intramolecular Hbond substituents is 1. The van der Waals surface area contributed by atoms with Gasteiger partial charge in [-0.25, -0.2) is 13.1 Å². The molecule has 0 aliphatic rings. The lowest BCUT2D eigenvalue weighted by atomic mass is 10.0. The Kier molecular flexibility index (Phi) is 9.27. The predicted octanol–water partition coefficient (Wildman–Crippen LogP) is 4.42. The number of carbonyl (C=O) groups excluding carboxylic acids is 2. The Morgan fingerprint density at radius 2 is 1.64 bits per heavy atom. The fourth-order valence-corrected chi connectivity index (χ4v) is 4.68. The molecule has 0 aromatic heterocycles. The van der Waals surface area contributed by atoms with Crippen LogP contribution in [0.2, 0.25) is 5.02 Å². The summed E-state index contributed by atoms with van der Waals surface area (Å²) in [5, 5.41) is 15.6. The molecule has 2 amide bonds. The third-order valence-electron chi connectivity index (χ3n) is 5.15. The van der Waals surface area contributed by atoms with Crippen molar-refractivity contribution < 1.29 is 23.1 Å². The molecule has 2 aromatic carbocycles. The minimum atomic E-state index is -3.77. The van der Waals surface area contributed by atoms with Crippen molar-refractivity contribution in [2.45, 2.75) is 57.9 Å². The first-order chi connectivity index (χ1) is 15.5. The summed E-state index contributed by atoms with van der Waals surface area (Å²) in [5.41, 5.74) is 1.23. The van der Waals surface area contributed by atoms with Gasteiger partial charge in [-0.1, -0.05) is 43.1 Å². The van der Waals surface area contributed by atoms with Gasteiger partial charge in [0.15, 0.2) is 0 Å². The summed E-state index contributed by atoms with van der Waals surface area (Å²) in [6.45, 7) is 7.23. The second kappa shape index (κ2) is 11.5. The highest BCUT2D eigenvalue weighted by Gasteiger charge is 2.21. The minimum absolute atomic E-state index is 0.111. The highest BCUT2D eigenvalue weighted by atomic mass is 35.5. The van der Waals surface area contributed by atoms with E-state index in [0.29, 0.717) is 12.8 Å². The summed E-state index contributed by atoms with van der Waals surface area (Å²) in [6, 6.07) is 8.28. The van der Waals surface area contributed by atoms with Crippen LogP contribution in [0.25, 0.3) is 0 Å². The number of aromatic hydroxyl groups is 1. The van der Waals surface area contributed by atoms with Crippen LogP contribution < -0.4 is 15.4 Å². The van der Waals surface area contributed by atoms with E-state index in [4.69, 9.17) is 11.6 Å². The van der Waals surface area contributed by atoms with Gasteiger partial charge in [0.2, 0.25) is 21.8 Å². The van der Waals surface area contributed by atoms with Crippen LogP contribution in [0, 0.1) is 12.8 Å². The standard InChI is InChI=1S/C23H30ClN3O5S/c1-5-16(6-2)23(30)26-20-12-18(24)19(13-21(20)28)25-22(29)11-15(4)27-33(31,32)17-9-7-14(3)8-10-17/h7-10,12-13,15-16,27-28H,5-6,11H2,1-4H3,(H,25,29)(H,26,30). The average Bonchev–Trinajstić information content (AvgIpc) is 2.72. The molecule has 0 saturated carbocycles. The number of phenols is 1. The third kappa shape index (κ3) is 7.45. The van der Waals surface area contributed by atoms with E-state index < -0.39 is 22.0 Å². The van der Waals surface area contributed by atoms with Gasteiger partial charge in [-0.3, -0.25) is 9.59 Å². The van der Waals surface area contributed by atoms with Gasteiger partial charge in [-0.05, 0) is 44.9 Å². The number of sulfonamides is 1. The summed E-state index contributed by atoms with van der Waals surface area (Å²) in [7, 11) is -3.77. The molecular weight excluding hydrogens is 466 g/mol. The Morgan fingerprint density at radius 3 is 2.21 bits per heavy atom. The second-order valence-corrected chi connectivity index (χ2v) is 10.1. The van der Waals surface area contributed by atoms with E-state index in [0.717, 1.165) is 5.56 Å². The van der Waals surface area contributed by atoms with E-state index in [9.17, 15) is 23.1 Å². The van der Waals surface area contributed by atoms with Crippen LogP contribution in [0.4, 0.5) is 11.4 Å². The SMILES string of the molecule is CCC(CC)C(=O)Nc1cc(Cl)c(NC(=O)CC(C)NS(=O)(=O)c2ccc(C)cc2)cc1O. The molecule has 0 bridgehead atoms. The molecule has 1 atom stereocenters. The molecule has 180 valence electrons. The number of carbonyl (C=O) groups is 2. The number of rotatable bonds is 10. The fourth-order valence-electron chi connectivity index (χ4n) is 3.22. The molecule has 2 rings (SSSR count). The molecule has 33 heavy (non-hydrogen) atoms. The van der Waals surface area contributed by atoms with Crippen molar-refractivity contribution in [2.75, 3.05) is 10.6 Å². The van der Waals surface area contributed by atoms with Crippen molar-refractivity contribution in [3.05, 3.63) is 47.0 Å². The van der Waals surface area contributed by atoms with Gasteiger partial charge in [0.1, 0.15) is 5.75 Å². The number of nitrogens with one attached hydrogen (secondary N) is 3. The topological polar surface area (TPSA) is 125 Å². The molecule has 0 spiro atoms. The first kappa shape index (κ1) is 26.6. The van der Waals surface area contributed by atoms with Gasteiger partial charge in [0.25, 0.3) is 0 Å². The maximum Gasteiger partial charge on any atom is 0.240 e. The van der Waals surface area contributed by atoms with Crippen molar-refractivity contribution in [2.24, 2.45) is 5.92 Å². The van der Waals surface area contributed by atoms with Crippen molar-refractivity contribution in [1.29, 1.82) is 0 Å². The second-order valence-electron chi connectivity index (χ2n) is 7.94. The molecule has 0 radical (unpaired) electrons. The van der Waals surface area contributed by atoms with Crippen molar-refractivity contribution in [1.82, 2.24) is 4.72 Å². The predicted molar refractivity (Wildman–Crippen MR) is 130 cm³/mol. The summed E-state index contributed by atoms with van der Waals surface area (Å²) in [5.74, 6) is -1.16. The van der Waals surface area contributed by atoms with Crippen LogP contribution in [0.3, 0.4) is 0 Å². The molecule has 2 aromatic rings. The summed E-state index contributed by atoms with van der Waals surface area (Å²) in [6.07, 6.45) is 1.17. The third-order valence-corrected chi connectivity index (χ3v) is 7.07. The number of anilines is 2. The van der Waals surface area contributed by atoms with Gasteiger partial charge >= 0.3 is 0 Å². The lowest BCUT2D eigenvalue weighted by Crippen LogP contribution is -2.35. The van der Waals surface area contributed by atoms with Crippen LogP contribution in [0.5, 0.6) is 5.75 Å². The Bertz CT molecular complexity index is 1100. The van der Waals surface area contributed by atoms with Gasteiger partial charge in [0, 0.05) is 24.4 Å². The van der Waals surface area contributed by atoms with Crippen LogP contribution in [0.1, 0.15) is 45.6 Å². The quantitative estimate of drug-likeness (QED) is 0.363. The van der Waals surface area contributed by atoms with E-state index in [1.807, 2.05) is 20.8 Å². The molecule has 0 saturated heterocycles. The Morgan fingerprint density at radius 1 is 1.03 bits per heavy atom. The molecule has 10 heteroatoms. The summed E-state index contributed by atoms with van der Waals surface area (Å²) >= 11 is 6.22. The van der Waals surface area contributed by atoms with Crippen molar-refractivity contribution >= 4 is 44.8 Å². The van der Waals surface area contributed by atoms with Crippen molar-refractivity contribution in [3.63, 3.8) is 0 Å². The monoisotopic (exact) mass is 495 g/mol. The summed E-state index contributed by atoms with van der Waals surface area (Å²) in [4.78, 5) is 24.8.